The van der Waals surface area contributed by atoms with Gasteiger partial charge in [-0.1, -0.05) is 19.1 Å². The lowest BCUT2D eigenvalue weighted by molar-refractivity contribution is 0.628. The Morgan fingerprint density at radius 2 is 1.91 bits per heavy atom. The summed E-state index contributed by atoms with van der Waals surface area (Å²) < 4.78 is 15.0. The van der Waals surface area contributed by atoms with Crippen molar-refractivity contribution in [1.82, 2.24) is 14.6 Å². The van der Waals surface area contributed by atoms with Crippen molar-refractivity contribution in [2.24, 2.45) is 0 Å². The van der Waals surface area contributed by atoms with Crippen molar-refractivity contribution in [3.63, 3.8) is 0 Å². The zero-order valence-electron chi connectivity index (χ0n) is 13.0. The van der Waals surface area contributed by atoms with Gasteiger partial charge in [-0.05, 0) is 38.0 Å². The van der Waals surface area contributed by atoms with Crippen LogP contribution >= 0.6 is 0 Å². The highest BCUT2D eigenvalue weighted by Gasteiger charge is 2.15. The van der Waals surface area contributed by atoms with Crippen molar-refractivity contribution in [3.05, 3.63) is 47.5 Å². The molecule has 114 valence electrons. The van der Waals surface area contributed by atoms with Gasteiger partial charge in [0.25, 0.3) is 0 Å². The molecular formula is C17H19FN4. The van der Waals surface area contributed by atoms with Gasteiger partial charge in [0.15, 0.2) is 5.65 Å². The molecule has 0 bridgehead atoms. The number of rotatable bonds is 4. The second-order valence-corrected chi connectivity index (χ2v) is 5.41. The summed E-state index contributed by atoms with van der Waals surface area (Å²) in [6.07, 6.45) is 1.04. The Labute approximate surface area is 129 Å². The maximum absolute atomic E-state index is 13.2. The molecule has 0 saturated heterocycles. The summed E-state index contributed by atoms with van der Waals surface area (Å²) >= 11 is 0. The van der Waals surface area contributed by atoms with Crippen LogP contribution in [0.4, 0.5) is 10.2 Å². The Bertz CT molecular complexity index is 806. The lowest BCUT2D eigenvalue weighted by Crippen LogP contribution is -2.07. The predicted octanol–water partition coefficient (Wildman–Crippen LogP) is 3.97. The monoisotopic (exact) mass is 298 g/mol. The molecule has 1 N–H and O–H groups in total. The number of benzene rings is 1. The first-order valence-corrected chi connectivity index (χ1v) is 7.47. The number of fused-ring (bicyclic) bond motifs is 1. The van der Waals surface area contributed by atoms with Gasteiger partial charge < -0.3 is 5.32 Å². The van der Waals surface area contributed by atoms with E-state index in [4.69, 9.17) is 0 Å². The quantitative estimate of drug-likeness (QED) is 0.792. The zero-order valence-corrected chi connectivity index (χ0v) is 13.0. The van der Waals surface area contributed by atoms with Gasteiger partial charge in [0, 0.05) is 23.9 Å². The summed E-state index contributed by atoms with van der Waals surface area (Å²) in [6, 6.07) is 8.45. The molecular weight excluding hydrogens is 279 g/mol. The molecule has 0 aliphatic rings. The molecule has 0 spiro atoms. The van der Waals surface area contributed by atoms with Gasteiger partial charge in [-0.3, -0.25) is 0 Å². The standard InChI is InChI=1S/C17H19FN4/c1-4-9-19-15-10-11(2)20-17-16(12(3)21-22(15)17)13-5-7-14(18)8-6-13/h5-8,10,19H,4,9H2,1-3H3. The van der Waals surface area contributed by atoms with Gasteiger partial charge in [0.1, 0.15) is 11.6 Å². The summed E-state index contributed by atoms with van der Waals surface area (Å²) in [6.45, 7) is 6.92. The number of aryl methyl sites for hydroxylation is 2. The molecule has 3 aromatic rings. The number of hydrogen-bond acceptors (Lipinski definition) is 3. The lowest BCUT2D eigenvalue weighted by atomic mass is 10.1. The van der Waals surface area contributed by atoms with Crippen molar-refractivity contribution in [2.45, 2.75) is 27.2 Å². The maximum Gasteiger partial charge on any atom is 0.165 e. The molecule has 0 aliphatic carbocycles. The molecule has 3 rings (SSSR count). The Kier molecular flexibility index (Phi) is 3.79. The number of nitrogens with one attached hydrogen (secondary N) is 1. The highest BCUT2D eigenvalue weighted by atomic mass is 19.1. The first-order chi connectivity index (χ1) is 10.6. The minimum atomic E-state index is -0.243. The number of halogens is 1. The first-order valence-electron chi connectivity index (χ1n) is 7.47. The topological polar surface area (TPSA) is 42.2 Å². The van der Waals surface area contributed by atoms with E-state index in [9.17, 15) is 4.39 Å². The summed E-state index contributed by atoms with van der Waals surface area (Å²) in [7, 11) is 0. The van der Waals surface area contributed by atoms with E-state index in [1.165, 1.54) is 12.1 Å². The van der Waals surface area contributed by atoms with Crippen LogP contribution in [0.3, 0.4) is 0 Å². The zero-order chi connectivity index (χ0) is 15.7. The molecule has 22 heavy (non-hydrogen) atoms. The number of nitrogens with zero attached hydrogens (tertiary/aromatic N) is 3. The third-order valence-electron chi connectivity index (χ3n) is 3.58. The van der Waals surface area contributed by atoms with E-state index < -0.39 is 0 Å². The summed E-state index contributed by atoms with van der Waals surface area (Å²) in [5, 5.41) is 7.98. The molecule has 0 aliphatic heterocycles. The third kappa shape index (κ3) is 2.54. The van der Waals surface area contributed by atoms with Crippen LogP contribution in [0.25, 0.3) is 16.8 Å². The van der Waals surface area contributed by atoms with E-state index in [1.54, 1.807) is 12.1 Å². The Morgan fingerprint density at radius 3 is 2.59 bits per heavy atom. The highest BCUT2D eigenvalue weighted by Crippen LogP contribution is 2.29. The van der Waals surface area contributed by atoms with Crippen LogP contribution in [0.2, 0.25) is 0 Å². The first kappa shape index (κ1) is 14.5. The van der Waals surface area contributed by atoms with Crippen molar-refractivity contribution in [2.75, 3.05) is 11.9 Å². The van der Waals surface area contributed by atoms with Crippen molar-refractivity contribution in [3.8, 4) is 11.1 Å². The van der Waals surface area contributed by atoms with Crippen LogP contribution < -0.4 is 5.32 Å². The van der Waals surface area contributed by atoms with Crippen LogP contribution in [0.1, 0.15) is 24.7 Å². The third-order valence-corrected chi connectivity index (χ3v) is 3.58. The molecule has 0 unspecified atom stereocenters. The average molecular weight is 298 g/mol. The van der Waals surface area contributed by atoms with Gasteiger partial charge >= 0.3 is 0 Å². The second kappa shape index (κ2) is 5.75. The van der Waals surface area contributed by atoms with E-state index >= 15 is 0 Å². The van der Waals surface area contributed by atoms with E-state index in [0.29, 0.717) is 0 Å². The molecule has 0 radical (unpaired) electrons. The average Bonchev–Trinajstić information content (AvgIpc) is 2.82. The van der Waals surface area contributed by atoms with Gasteiger partial charge in [-0.15, -0.1) is 0 Å². The van der Waals surface area contributed by atoms with Crippen molar-refractivity contribution < 1.29 is 4.39 Å². The molecule has 5 heteroatoms. The molecule has 0 atom stereocenters. The van der Waals surface area contributed by atoms with Gasteiger partial charge in [0.2, 0.25) is 0 Å². The Hall–Kier alpha value is -2.43. The normalized spacial score (nSPS) is 11.1. The fourth-order valence-electron chi connectivity index (χ4n) is 2.58. The van der Waals surface area contributed by atoms with Gasteiger partial charge in [-0.25, -0.2) is 9.37 Å². The number of anilines is 1. The Morgan fingerprint density at radius 1 is 1.18 bits per heavy atom. The molecule has 2 heterocycles. The second-order valence-electron chi connectivity index (χ2n) is 5.41. The van der Waals surface area contributed by atoms with Crippen LogP contribution in [-0.2, 0) is 0 Å². The van der Waals surface area contributed by atoms with Crippen molar-refractivity contribution in [1.29, 1.82) is 0 Å². The Balaban J connectivity index is 2.21. The molecule has 0 saturated carbocycles. The molecule has 0 fully saturated rings. The maximum atomic E-state index is 13.2. The van der Waals surface area contributed by atoms with E-state index in [-0.39, 0.29) is 5.82 Å². The van der Waals surface area contributed by atoms with E-state index in [1.807, 2.05) is 24.4 Å². The fraction of sp³-hybridized carbons (Fsp3) is 0.294. The predicted molar refractivity (Wildman–Crippen MR) is 86.6 cm³/mol. The SMILES string of the molecule is CCCNc1cc(C)nc2c(-c3ccc(F)cc3)c(C)nn12. The lowest BCUT2D eigenvalue weighted by Gasteiger charge is -2.08. The molecule has 1 aromatic carbocycles. The minimum absolute atomic E-state index is 0.243. The minimum Gasteiger partial charge on any atom is -0.370 e. The van der Waals surface area contributed by atoms with E-state index in [0.717, 1.165) is 46.9 Å². The van der Waals surface area contributed by atoms with Gasteiger partial charge in [-0.2, -0.15) is 9.61 Å². The van der Waals surface area contributed by atoms with Crippen LogP contribution in [0.5, 0.6) is 0 Å². The van der Waals surface area contributed by atoms with Gasteiger partial charge in [0.05, 0.1) is 5.69 Å². The van der Waals surface area contributed by atoms with Crippen LogP contribution in [0, 0.1) is 19.7 Å². The molecule has 0 amide bonds. The fourth-order valence-corrected chi connectivity index (χ4v) is 2.58. The van der Waals surface area contributed by atoms with Crippen LogP contribution in [0.15, 0.2) is 30.3 Å². The highest BCUT2D eigenvalue weighted by molar-refractivity contribution is 5.80. The van der Waals surface area contributed by atoms with Crippen LogP contribution in [-0.4, -0.2) is 21.1 Å². The largest absolute Gasteiger partial charge is 0.370 e. The molecule has 4 nitrogen and oxygen atoms in total. The summed E-state index contributed by atoms with van der Waals surface area (Å²) in [5.41, 5.74) is 4.47. The smallest absolute Gasteiger partial charge is 0.165 e. The summed E-state index contributed by atoms with van der Waals surface area (Å²) in [5.74, 6) is 0.688. The molecule has 2 aromatic heterocycles. The summed E-state index contributed by atoms with van der Waals surface area (Å²) in [4.78, 5) is 4.63. The number of aromatic nitrogens is 3. The van der Waals surface area contributed by atoms with E-state index in [2.05, 4.69) is 22.3 Å². The number of hydrogen-bond donors (Lipinski definition) is 1. The van der Waals surface area contributed by atoms with Crippen molar-refractivity contribution >= 4 is 11.5 Å².